The zero-order valence-electron chi connectivity index (χ0n) is 15.0. The van der Waals surface area contributed by atoms with E-state index in [1.54, 1.807) is 19.2 Å². The van der Waals surface area contributed by atoms with Crippen molar-refractivity contribution < 1.29 is 4.79 Å². The van der Waals surface area contributed by atoms with Crippen LogP contribution in [0.1, 0.15) is 51.5 Å². The molecule has 0 bridgehead atoms. The first-order valence-electron chi connectivity index (χ1n) is 9.43. The molecule has 0 aliphatic heterocycles. The topological polar surface area (TPSA) is 68.4 Å². The monoisotopic (exact) mass is 352 g/mol. The van der Waals surface area contributed by atoms with E-state index in [9.17, 15) is 9.59 Å². The first-order chi connectivity index (χ1) is 12.7. The Morgan fingerprint density at radius 3 is 2.65 bits per heavy atom. The number of carbonyl (C=O) groups excluding carboxylic acids is 1. The van der Waals surface area contributed by atoms with Crippen molar-refractivity contribution in [2.45, 2.75) is 57.5 Å². The maximum absolute atomic E-state index is 13.0. The van der Waals surface area contributed by atoms with E-state index in [0.717, 1.165) is 31.2 Å². The zero-order chi connectivity index (χ0) is 18.1. The lowest BCUT2D eigenvalue weighted by Gasteiger charge is -2.22. The molecule has 6 nitrogen and oxygen atoms in total. The van der Waals surface area contributed by atoms with Gasteiger partial charge in [0, 0.05) is 18.4 Å². The van der Waals surface area contributed by atoms with Gasteiger partial charge in [0.1, 0.15) is 11.6 Å². The fraction of sp³-hybridized carbons (Fsp3) is 0.450. The number of carbonyl (C=O) groups is 1. The number of hydrogen-bond donors (Lipinski definition) is 1. The fourth-order valence-corrected chi connectivity index (χ4v) is 3.97. The van der Waals surface area contributed by atoms with E-state index in [-0.39, 0.29) is 17.5 Å². The summed E-state index contributed by atoms with van der Waals surface area (Å²) in [4.78, 5) is 30.3. The Kier molecular flexibility index (Phi) is 4.49. The number of amides is 1. The summed E-state index contributed by atoms with van der Waals surface area (Å²) in [6.07, 6.45) is 10.3. The molecule has 4 rings (SSSR count). The number of pyridine rings is 1. The Morgan fingerprint density at radius 2 is 1.88 bits per heavy atom. The highest BCUT2D eigenvalue weighted by Crippen LogP contribution is 2.20. The molecule has 26 heavy (non-hydrogen) atoms. The smallest absolute Gasteiger partial charge is 0.277 e. The van der Waals surface area contributed by atoms with E-state index in [2.05, 4.69) is 10.3 Å². The molecule has 1 aliphatic rings. The predicted molar refractivity (Wildman–Crippen MR) is 101 cm³/mol. The van der Waals surface area contributed by atoms with Crippen molar-refractivity contribution in [1.29, 1.82) is 0 Å². The molecule has 3 aromatic heterocycles. The molecule has 1 atom stereocenters. The minimum Gasteiger partial charge on any atom is -0.352 e. The molecule has 1 amide bonds. The molecule has 3 aromatic rings. The lowest BCUT2D eigenvalue weighted by Crippen LogP contribution is -2.41. The van der Waals surface area contributed by atoms with Crippen molar-refractivity contribution in [2.75, 3.05) is 0 Å². The Hall–Kier alpha value is -2.63. The Morgan fingerprint density at radius 1 is 1.15 bits per heavy atom. The van der Waals surface area contributed by atoms with E-state index in [0.29, 0.717) is 11.2 Å². The van der Waals surface area contributed by atoms with Gasteiger partial charge in [0.2, 0.25) is 5.91 Å². The summed E-state index contributed by atoms with van der Waals surface area (Å²) < 4.78 is 3.35. The second-order valence-corrected chi connectivity index (χ2v) is 7.16. The van der Waals surface area contributed by atoms with Crippen LogP contribution in [0.5, 0.6) is 0 Å². The van der Waals surface area contributed by atoms with Crippen molar-refractivity contribution in [2.24, 2.45) is 0 Å². The summed E-state index contributed by atoms with van der Waals surface area (Å²) in [5, 5.41) is 3.16. The average molecular weight is 352 g/mol. The second-order valence-electron chi connectivity index (χ2n) is 7.16. The molecule has 1 fully saturated rings. The highest BCUT2D eigenvalue weighted by atomic mass is 16.2. The summed E-state index contributed by atoms with van der Waals surface area (Å²) in [5.41, 5.74) is 1.72. The molecule has 0 spiro atoms. The molecule has 0 aromatic carbocycles. The molecule has 0 radical (unpaired) electrons. The van der Waals surface area contributed by atoms with Crippen LogP contribution in [0.2, 0.25) is 0 Å². The first-order valence-corrected chi connectivity index (χ1v) is 9.43. The number of nitrogens with zero attached hydrogens (tertiary/aromatic N) is 3. The third-order valence-corrected chi connectivity index (χ3v) is 5.41. The highest BCUT2D eigenvalue weighted by molar-refractivity contribution is 5.83. The molecule has 0 saturated heterocycles. The summed E-state index contributed by atoms with van der Waals surface area (Å²) in [6, 6.07) is 6.97. The van der Waals surface area contributed by atoms with Gasteiger partial charge in [-0.1, -0.05) is 25.7 Å². The van der Waals surface area contributed by atoms with E-state index >= 15 is 0 Å². The van der Waals surface area contributed by atoms with Crippen LogP contribution >= 0.6 is 0 Å². The van der Waals surface area contributed by atoms with Crippen LogP contribution < -0.4 is 10.9 Å². The van der Waals surface area contributed by atoms with Crippen molar-refractivity contribution in [3.8, 4) is 0 Å². The van der Waals surface area contributed by atoms with E-state index < -0.39 is 6.04 Å². The molecule has 3 heterocycles. The van der Waals surface area contributed by atoms with E-state index in [4.69, 9.17) is 0 Å². The molecule has 136 valence electrons. The van der Waals surface area contributed by atoms with Gasteiger partial charge in [-0.2, -0.15) is 0 Å². The Balaban J connectivity index is 1.73. The van der Waals surface area contributed by atoms with Gasteiger partial charge in [0.25, 0.3) is 5.56 Å². The van der Waals surface area contributed by atoms with E-state index in [1.165, 1.54) is 17.4 Å². The van der Waals surface area contributed by atoms with Crippen LogP contribution in [-0.2, 0) is 4.79 Å². The number of fused-ring (bicyclic) bond motifs is 3. The minimum atomic E-state index is -0.608. The molecule has 1 aliphatic carbocycles. The molecule has 0 unspecified atom stereocenters. The van der Waals surface area contributed by atoms with Gasteiger partial charge in [-0.3, -0.25) is 14.2 Å². The maximum Gasteiger partial charge on any atom is 0.277 e. The number of rotatable bonds is 3. The summed E-state index contributed by atoms with van der Waals surface area (Å²) in [5.74, 6) is -0.109. The van der Waals surface area contributed by atoms with Crippen LogP contribution in [0, 0.1) is 0 Å². The Bertz CT molecular complexity index is 996. The van der Waals surface area contributed by atoms with Gasteiger partial charge >= 0.3 is 0 Å². The zero-order valence-corrected chi connectivity index (χ0v) is 15.0. The predicted octanol–water partition coefficient (Wildman–Crippen LogP) is 3.05. The average Bonchev–Trinajstić information content (AvgIpc) is 3.01. The van der Waals surface area contributed by atoms with Crippen molar-refractivity contribution in [3.63, 3.8) is 0 Å². The van der Waals surface area contributed by atoms with Gasteiger partial charge < -0.3 is 9.72 Å². The standard InChI is InChI=1S/C20H24N4O2/c1-14(19(25)22-15-8-4-2-3-5-9-15)24-18-16(10-6-12-21-18)23-13-7-11-17(23)20(24)26/h6-7,10-15H,2-5,8-9H2,1H3,(H,22,25)/t14-/m1/s1. The number of nitrogens with one attached hydrogen (secondary N) is 1. The van der Waals surface area contributed by atoms with Crippen LogP contribution in [0.3, 0.4) is 0 Å². The van der Waals surface area contributed by atoms with Gasteiger partial charge in [-0.15, -0.1) is 0 Å². The largest absolute Gasteiger partial charge is 0.352 e. The maximum atomic E-state index is 13.0. The summed E-state index contributed by atoms with van der Waals surface area (Å²) in [7, 11) is 0. The van der Waals surface area contributed by atoms with Gasteiger partial charge in [0.05, 0.1) is 5.52 Å². The quantitative estimate of drug-likeness (QED) is 0.737. The number of hydrogen-bond acceptors (Lipinski definition) is 3. The van der Waals surface area contributed by atoms with Crippen molar-refractivity contribution in [3.05, 3.63) is 47.0 Å². The van der Waals surface area contributed by atoms with Crippen LogP contribution in [0.25, 0.3) is 16.7 Å². The van der Waals surface area contributed by atoms with Crippen LogP contribution in [0.15, 0.2) is 41.5 Å². The molecular formula is C20H24N4O2. The van der Waals surface area contributed by atoms with Crippen LogP contribution in [-0.4, -0.2) is 25.9 Å². The van der Waals surface area contributed by atoms with Crippen molar-refractivity contribution in [1.82, 2.24) is 19.3 Å². The molecular weight excluding hydrogens is 328 g/mol. The summed E-state index contributed by atoms with van der Waals surface area (Å²) in [6.45, 7) is 1.78. The van der Waals surface area contributed by atoms with Gasteiger partial charge in [-0.05, 0) is 44.0 Å². The SMILES string of the molecule is C[C@H](C(=O)NC1CCCCCC1)n1c(=O)c2cccn2c2cccnc21. The van der Waals surface area contributed by atoms with Gasteiger partial charge in [-0.25, -0.2) is 4.98 Å². The third-order valence-electron chi connectivity index (χ3n) is 5.41. The Labute approximate surface area is 151 Å². The minimum absolute atomic E-state index is 0.109. The first kappa shape index (κ1) is 16.8. The van der Waals surface area contributed by atoms with Gasteiger partial charge in [0.15, 0.2) is 5.65 Å². The van der Waals surface area contributed by atoms with Crippen molar-refractivity contribution >= 4 is 22.6 Å². The second kappa shape index (κ2) is 6.94. The lowest BCUT2D eigenvalue weighted by molar-refractivity contribution is -0.124. The molecule has 6 heteroatoms. The van der Waals surface area contributed by atoms with Crippen LogP contribution in [0.4, 0.5) is 0 Å². The number of aromatic nitrogens is 3. The third kappa shape index (κ3) is 2.89. The normalized spacial score (nSPS) is 17.3. The molecule has 1 N–H and O–H groups in total. The highest BCUT2D eigenvalue weighted by Gasteiger charge is 2.24. The summed E-state index contributed by atoms with van der Waals surface area (Å²) >= 11 is 0. The van der Waals surface area contributed by atoms with E-state index in [1.807, 2.05) is 28.8 Å². The molecule has 1 saturated carbocycles. The fourth-order valence-electron chi connectivity index (χ4n) is 3.97. The lowest BCUT2D eigenvalue weighted by atomic mass is 10.1.